The summed E-state index contributed by atoms with van der Waals surface area (Å²) < 4.78 is 0. The van der Waals surface area contributed by atoms with Crippen molar-refractivity contribution in [1.29, 1.82) is 0 Å². The van der Waals surface area contributed by atoms with E-state index in [1.54, 1.807) is 0 Å². The number of aromatic nitrogens is 3. The van der Waals surface area contributed by atoms with Crippen LogP contribution in [0, 0.1) is 27.7 Å². The average molecular weight is 592 g/mol. The van der Waals surface area contributed by atoms with Crippen LogP contribution in [0.4, 0.5) is 0 Å². The monoisotopic (exact) mass is 591 g/mol. The summed E-state index contributed by atoms with van der Waals surface area (Å²) in [5.74, 6) is 2.08. The van der Waals surface area contributed by atoms with Crippen LogP contribution in [0.15, 0.2) is 127 Å². The number of fused-ring (bicyclic) bond motifs is 5. The molecule has 0 unspecified atom stereocenters. The summed E-state index contributed by atoms with van der Waals surface area (Å²) in [7, 11) is 0. The molecule has 1 heterocycles. The van der Waals surface area contributed by atoms with Gasteiger partial charge in [0.05, 0.1) is 0 Å². The summed E-state index contributed by atoms with van der Waals surface area (Å²) in [6, 6.07) is 45.4. The molecule has 0 radical (unpaired) electrons. The van der Waals surface area contributed by atoms with Crippen LogP contribution in [0.25, 0.3) is 77.6 Å². The molecule has 0 aliphatic heterocycles. The normalized spacial score (nSPS) is 11.5. The minimum Gasteiger partial charge on any atom is -0.208 e. The van der Waals surface area contributed by atoms with Crippen molar-refractivity contribution < 1.29 is 0 Å². The summed E-state index contributed by atoms with van der Waals surface area (Å²) in [6.45, 7) is 8.53. The maximum Gasteiger partial charge on any atom is 0.164 e. The van der Waals surface area contributed by atoms with Crippen molar-refractivity contribution in [3.63, 3.8) is 0 Å². The van der Waals surface area contributed by atoms with Gasteiger partial charge in [-0.3, -0.25) is 0 Å². The SMILES string of the molecule is Cc1cccc(C)c1-c1nc(-c2c(C)cccc2C)nc(-c2cc3c4ccccc4c(-c4ccccc4)cc3c3ccccc23)n1. The van der Waals surface area contributed by atoms with Gasteiger partial charge in [0.25, 0.3) is 0 Å². The highest BCUT2D eigenvalue weighted by Crippen LogP contribution is 2.42. The fourth-order valence-corrected chi connectivity index (χ4v) is 7.05. The molecule has 7 aromatic carbocycles. The van der Waals surface area contributed by atoms with Gasteiger partial charge in [0.2, 0.25) is 0 Å². The van der Waals surface area contributed by atoms with Gasteiger partial charge in [-0.1, -0.05) is 115 Å². The molecule has 0 atom stereocenters. The van der Waals surface area contributed by atoms with Crippen LogP contribution in [0.2, 0.25) is 0 Å². The number of benzene rings is 7. The van der Waals surface area contributed by atoms with Crippen molar-refractivity contribution in [1.82, 2.24) is 15.0 Å². The molecule has 3 nitrogen and oxygen atoms in total. The van der Waals surface area contributed by atoms with E-state index in [9.17, 15) is 0 Å². The van der Waals surface area contributed by atoms with Crippen molar-refractivity contribution in [2.75, 3.05) is 0 Å². The molecule has 1 aromatic heterocycles. The third kappa shape index (κ3) is 4.55. The van der Waals surface area contributed by atoms with Gasteiger partial charge in [0.1, 0.15) is 0 Å². The Hall–Kier alpha value is -5.67. The molecule has 0 spiro atoms. The van der Waals surface area contributed by atoms with E-state index in [2.05, 4.69) is 155 Å². The molecular weight excluding hydrogens is 558 g/mol. The van der Waals surface area contributed by atoms with Crippen LogP contribution in [-0.4, -0.2) is 15.0 Å². The summed E-state index contributed by atoms with van der Waals surface area (Å²) in [6.07, 6.45) is 0. The third-order valence-electron chi connectivity index (χ3n) is 9.25. The second-order valence-corrected chi connectivity index (χ2v) is 12.2. The average Bonchev–Trinajstić information content (AvgIpc) is 3.08. The Labute approximate surface area is 269 Å². The number of nitrogens with zero attached hydrogens (tertiary/aromatic N) is 3. The molecule has 3 heteroatoms. The van der Waals surface area contributed by atoms with E-state index in [0.717, 1.165) is 44.3 Å². The topological polar surface area (TPSA) is 38.7 Å². The Morgan fingerprint density at radius 1 is 0.326 bits per heavy atom. The van der Waals surface area contributed by atoms with Crippen molar-refractivity contribution in [2.24, 2.45) is 0 Å². The molecule has 0 amide bonds. The van der Waals surface area contributed by atoms with Crippen molar-refractivity contribution in [2.45, 2.75) is 27.7 Å². The zero-order chi connectivity index (χ0) is 31.4. The zero-order valence-corrected chi connectivity index (χ0v) is 26.5. The van der Waals surface area contributed by atoms with Crippen LogP contribution < -0.4 is 0 Å². The highest BCUT2D eigenvalue weighted by Gasteiger charge is 2.20. The van der Waals surface area contributed by atoms with Crippen LogP contribution in [0.5, 0.6) is 0 Å². The first-order valence-corrected chi connectivity index (χ1v) is 15.8. The van der Waals surface area contributed by atoms with Crippen LogP contribution >= 0.6 is 0 Å². The maximum atomic E-state index is 5.26. The molecule has 0 saturated carbocycles. The van der Waals surface area contributed by atoms with Gasteiger partial charge < -0.3 is 0 Å². The van der Waals surface area contributed by atoms with Crippen LogP contribution in [0.1, 0.15) is 22.3 Å². The fraction of sp³-hybridized carbons (Fsp3) is 0.0930. The molecule has 0 aliphatic rings. The number of aryl methyl sites for hydroxylation is 4. The molecule has 0 saturated heterocycles. The summed E-state index contributed by atoms with van der Waals surface area (Å²) in [4.78, 5) is 15.7. The lowest BCUT2D eigenvalue weighted by Gasteiger charge is -2.17. The van der Waals surface area contributed by atoms with E-state index in [-0.39, 0.29) is 0 Å². The first-order valence-electron chi connectivity index (χ1n) is 15.8. The van der Waals surface area contributed by atoms with E-state index >= 15 is 0 Å². The lowest BCUT2D eigenvalue weighted by Crippen LogP contribution is -2.04. The Balaban J connectivity index is 1.49. The second kappa shape index (κ2) is 11.0. The maximum absolute atomic E-state index is 5.26. The van der Waals surface area contributed by atoms with E-state index in [4.69, 9.17) is 15.0 Å². The van der Waals surface area contributed by atoms with E-state index in [0.29, 0.717) is 17.5 Å². The lowest BCUT2D eigenvalue weighted by atomic mass is 9.89. The molecule has 0 fully saturated rings. The van der Waals surface area contributed by atoms with Gasteiger partial charge >= 0.3 is 0 Å². The minimum atomic E-state index is 0.680. The van der Waals surface area contributed by atoms with E-state index in [1.165, 1.54) is 38.1 Å². The summed E-state index contributed by atoms with van der Waals surface area (Å²) >= 11 is 0. The number of rotatable bonds is 4. The number of hydrogen-bond acceptors (Lipinski definition) is 3. The molecular formula is C43H33N3. The van der Waals surface area contributed by atoms with Crippen LogP contribution in [0.3, 0.4) is 0 Å². The highest BCUT2D eigenvalue weighted by molar-refractivity contribution is 6.23. The Morgan fingerprint density at radius 3 is 1.22 bits per heavy atom. The molecule has 0 aliphatic carbocycles. The minimum absolute atomic E-state index is 0.680. The smallest absolute Gasteiger partial charge is 0.164 e. The van der Waals surface area contributed by atoms with Crippen molar-refractivity contribution >= 4 is 32.3 Å². The molecule has 0 bridgehead atoms. The quantitative estimate of drug-likeness (QED) is 0.191. The van der Waals surface area contributed by atoms with E-state index in [1.807, 2.05) is 0 Å². The second-order valence-electron chi connectivity index (χ2n) is 12.2. The Bertz CT molecular complexity index is 2350. The van der Waals surface area contributed by atoms with Gasteiger partial charge in [-0.25, -0.2) is 15.0 Å². The summed E-state index contributed by atoms with van der Waals surface area (Å²) in [5.41, 5.74) is 10.1. The predicted octanol–water partition coefficient (Wildman–Crippen LogP) is 11.2. The first kappa shape index (κ1) is 27.8. The largest absolute Gasteiger partial charge is 0.208 e. The van der Waals surface area contributed by atoms with Gasteiger partial charge in [0.15, 0.2) is 17.5 Å². The molecule has 46 heavy (non-hydrogen) atoms. The van der Waals surface area contributed by atoms with Gasteiger partial charge in [-0.15, -0.1) is 0 Å². The standard InChI is InChI=1S/C43H33N3/c1-26-14-12-15-27(2)39(26)42-44-41(45-43(46-42)40-28(3)16-13-17-29(40)4)38-25-37-32-21-9-8-20-31(32)35(30-18-6-5-7-19-30)24-36(37)33-22-10-11-23-34(33)38/h5-25H,1-4H3. The molecule has 8 aromatic rings. The zero-order valence-electron chi connectivity index (χ0n) is 26.5. The fourth-order valence-electron chi connectivity index (χ4n) is 7.05. The molecule has 220 valence electrons. The van der Waals surface area contributed by atoms with E-state index < -0.39 is 0 Å². The third-order valence-corrected chi connectivity index (χ3v) is 9.25. The van der Waals surface area contributed by atoms with Gasteiger partial charge in [0, 0.05) is 16.7 Å². The van der Waals surface area contributed by atoms with Crippen LogP contribution in [-0.2, 0) is 0 Å². The lowest BCUT2D eigenvalue weighted by molar-refractivity contribution is 1.06. The van der Waals surface area contributed by atoms with Gasteiger partial charge in [-0.2, -0.15) is 0 Å². The Kier molecular flexibility index (Phi) is 6.69. The first-order chi connectivity index (χ1) is 22.5. The number of hydrogen-bond donors (Lipinski definition) is 0. The Morgan fingerprint density at radius 2 is 0.717 bits per heavy atom. The van der Waals surface area contributed by atoms with Crippen molar-refractivity contribution in [3.8, 4) is 45.3 Å². The van der Waals surface area contributed by atoms with Crippen molar-refractivity contribution in [3.05, 3.63) is 150 Å². The predicted molar refractivity (Wildman–Crippen MR) is 193 cm³/mol. The molecule has 0 N–H and O–H groups in total. The summed E-state index contributed by atoms with van der Waals surface area (Å²) in [5, 5.41) is 7.15. The highest BCUT2D eigenvalue weighted by atomic mass is 15.0. The molecule has 8 rings (SSSR count). The van der Waals surface area contributed by atoms with Gasteiger partial charge in [-0.05, 0) is 106 Å².